The van der Waals surface area contributed by atoms with Crippen LogP contribution in [0.2, 0.25) is 0 Å². The number of fused-ring (bicyclic) bond motifs is 1. The van der Waals surface area contributed by atoms with Crippen molar-refractivity contribution in [3.05, 3.63) is 116 Å². The van der Waals surface area contributed by atoms with Gasteiger partial charge < -0.3 is 4.74 Å². The molecule has 5 aromatic rings. The Morgan fingerprint density at radius 3 is 2.59 bits per heavy atom. The van der Waals surface area contributed by atoms with Gasteiger partial charge in [0.25, 0.3) is 5.56 Å². The number of H-pyrrole nitrogens is 1. The molecule has 0 atom stereocenters. The van der Waals surface area contributed by atoms with E-state index in [1.54, 1.807) is 4.57 Å². The highest BCUT2D eigenvalue weighted by Crippen LogP contribution is 2.32. The Labute approximate surface area is 237 Å². The molecule has 6 rings (SSSR count). The number of aryl methyl sites for hydroxylation is 2. The highest BCUT2D eigenvalue weighted by atomic mass is 16.5. The zero-order valence-corrected chi connectivity index (χ0v) is 23.3. The smallest absolute Gasteiger partial charge is 0.439 e. The Morgan fingerprint density at radius 2 is 1.83 bits per heavy atom. The minimum atomic E-state index is -0.617. The van der Waals surface area contributed by atoms with Crippen LogP contribution in [0.3, 0.4) is 0 Å². The molecule has 208 valence electrons. The first-order valence-electron chi connectivity index (χ1n) is 14.2. The molecule has 0 radical (unpaired) electrons. The van der Waals surface area contributed by atoms with E-state index in [-0.39, 0.29) is 5.56 Å². The van der Waals surface area contributed by atoms with Crippen molar-refractivity contribution in [3.8, 4) is 34.0 Å². The molecule has 0 unspecified atom stereocenters. The highest BCUT2D eigenvalue weighted by molar-refractivity contribution is 5.81. The molecule has 8 nitrogen and oxygen atoms in total. The highest BCUT2D eigenvalue weighted by Gasteiger charge is 2.21. The largest absolute Gasteiger partial charge is 0.493 e. The number of benzene rings is 3. The van der Waals surface area contributed by atoms with Crippen LogP contribution in [0, 0.1) is 0 Å². The Kier molecular flexibility index (Phi) is 7.37. The molecule has 0 spiro atoms. The minimum Gasteiger partial charge on any atom is -0.493 e. The minimum absolute atomic E-state index is 0.0506. The van der Waals surface area contributed by atoms with Crippen molar-refractivity contribution in [2.75, 3.05) is 6.61 Å². The molecule has 3 heterocycles. The predicted molar refractivity (Wildman–Crippen MR) is 158 cm³/mol. The third-order valence-corrected chi connectivity index (χ3v) is 7.59. The van der Waals surface area contributed by atoms with Crippen LogP contribution in [0.1, 0.15) is 54.9 Å². The fraction of sp³-hybridized carbons (Fsp3) is 0.273. The van der Waals surface area contributed by atoms with Crippen LogP contribution < -0.4 is 16.1 Å². The van der Waals surface area contributed by atoms with E-state index in [4.69, 9.17) is 14.2 Å². The summed E-state index contributed by atoms with van der Waals surface area (Å²) in [6.45, 7) is 4.83. The van der Waals surface area contributed by atoms with Gasteiger partial charge >= 0.3 is 5.76 Å². The fourth-order valence-corrected chi connectivity index (χ4v) is 5.51. The topological polar surface area (TPSA) is 103 Å². The second-order valence-electron chi connectivity index (χ2n) is 10.3. The third kappa shape index (κ3) is 5.25. The van der Waals surface area contributed by atoms with Gasteiger partial charge in [-0.1, -0.05) is 67.9 Å². The summed E-state index contributed by atoms with van der Waals surface area (Å²) in [6.07, 6.45) is 4.55. The molecule has 41 heavy (non-hydrogen) atoms. The predicted octanol–water partition coefficient (Wildman–Crippen LogP) is 5.67. The summed E-state index contributed by atoms with van der Waals surface area (Å²) in [4.78, 5) is 33.9. The van der Waals surface area contributed by atoms with Crippen LogP contribution in [0.25, 0.3) is 28.2 Å². The van der Waals surface area contributed by atoms with Gasteiger partial charge in [0.15, 0.2) is 5.82 Å². The van der Waals surface area contributed by atoms with Crippen molar-refractivity contribution >= 4 is 0 Å². The van der Waals surface area contributed by atoms with Gasteiger partial charge in [-0.25, -0.2) is 9.78 Å². The lowest BCUT2D eigenvalue weighted by Crippen LogP contribution is -2.29. The molecule has 1 aliphatic heterocycles. The molecule has 0 amide bonds. The molecule has 0 aliphatic carbocycles. The van der Waals surface area contributed by atoms with Crippen molar-refractivity contribution in [2.45, 2.75) is 52.4 Å². The molecule has 0 fully saturated rings. The standard InChI is InChI=1S/C33H32N4O4/c1-3-5-11-28-27(32(38)37(30(4-2)34-28)24-13-15-29-23(20-24)16-17-40-29)19-21-12-14-25(22-9-7-6-8-10-22)26(18-21)31-35-33(39)41-36-31/h6-10,12-15,18,20H,3-5,11,16-17,19H2,1-2H3,(H,35,36,39). The van der Waals surface area contributed by atoms with Gasteiger partial charge in [-0.05, 0) is 59.4 Å². The van der Waals surface area contributed by atoms with Crippen molar-refractivity contribution in [1.29, 1.82) is 0 Å². The van der Waals surface area contributed by atoms with E-state index in [0.717, 1.165) is 76.5 Å². The third-order valence-electron chi connectivity index (χ3n) is 7.59. The van der Waals surface area contributed by atoms with Crippen molar-refractivity contribution < 1.29 is 9.26 Å². The first-order valence-corrected chi connectivity index (χ1v) is 14.2. The summed E-state index contributed by atoms with van der Waals surface area (Å²) < 4.78 is 12.3. The van der Waals surface area contributed by atoms with Crippen molar-refractivity contribution in [2.24, 2.45) is 0 Å². The lowest BCUT2D eigenvalue weighted by atomic mass is 9.94. The average Bonchev–Trinajstić information content (AvgIpc) is 3.66. The number of ether oxygens (including phenoxy) is 1. The lowest BCUT2D eigenvalue weighted by molar-refractivity contribution is 0.357. The van der Waals surface area contributed by atoms with E-state index in [2.05, 4.69) is 17.1 Å². The summed E-state index contributed by atoms with van der Waals surface area (Å²) in [5.74, 6) is 1.36. The molecule has 1 aliphatic rings. The number of nitrogens with one attached hydrogen (secondary N) is 1. The number of rotatable bonds is 9. The number of hydrogen-bond acceptors (Lipinski definition) is 6. The van der Waals surface area contributed by atoms with Crippen LogP contribution in [-0.2, 0) is 25.7 Å². The maximum absolute atomic E-state index is 14.3. The number of aromatic nitrogens is 4. The molecule has 3 aromatic carbocycles. The number of nitrogens with zero attached hydrogens (tertiary/aromatic N) is 3. The monoisotopic (exact) mass is 548 g/mol. The zero-order chi connectivity index (χ0) is 28.3. The number of aromatic amines is 1. The molecular formula is C33H32N4O4. The average molecular weight is 549 g/mol. The van der Waals surface area contributed by atoms with Gasteiger partial charge in [-0.15, -0.1) is 0 Å². The fourth-order valence-electron chi connectivity index (χ4n) is 5.51. The zero-order valence-electron chi connectivity index (χ0n) is 23.3. The van der Waals surface area contributed by atoms with E-state index in [1.165, 1.54) is 0 Å². The van der Waals surface area contributed by atoms with E-state index in [1.807, 2.05) is 73.7 Å². The summed E-state index contributed by atoms with van der Waals surface area (Å²) in [7, 11) is 0. The molecule has 1 N–H and O–H groups in total. The summed E-state index contributed by atoms with van der Waals surface area (Å²) in [6, 6.07) is 21.8. The molecule has 0 bridgehead atoms. The van der Waals surface area contributed by atoms with Crippen LogP contribution in [0.4, 0.5) is 0 Å². The summed E-state index contributed by atoms with van der Waals surface area (Å²) in [5, 5.41) is 3.97. The lowest BCUT2D eigenvalue weighted by Gasteiger charge is -2.18. The van der Waals surface area contributed by atoms with E-state index < -0.39 is 5.76 Å². The normalized spacial score (nSPS) is 12.3. The van der Waals surface area contributed by atoms with Crippen LogP contribution in [-0.4, -0.2) is 26.3 Å². The van der Waals surface area contributed by atoms with Gasteiger partial charge in [0.05, 0.1) is 18.0 Å². The Hall–Kier alpha value is -4.72. The van der Waals surface area contributed by atoms with Gasteiger partial charge in [-0.2, -0.15) is 0 Å². The SMILES string of the molecule is CCCCc1nc(CC)n(-c2ccc3c(c2)CCO3)c(=O)c1Cc1ccc(-c2ccccc2)c(-c2noc(=O)[nH]2)c1. The first kappa shape index (κ1) is 26.5. The van der Waals surface area contributed by atoms with Crippen LogP contribution in [0.5, 0.6) is 5.75 Å². The quantitative estimate of drug-likeness (QED) is 0.254. The van der Waals surface area contributed by atoms with Crippen LogP contribution >= 0.6 is 0 Å². The van der Waals surface area contributed by atoms with Gasteiger partial charge in [0, 0.05) is 30.4 Å². The second-order valence-corrected chi connectivity index (χ2v) is 10.3. The molecule has 2 aromatic heterocycles. The van der Waals surface area contributed by atoms with Gasteiger partial charge in [-0.3, -0.25) is 18.9 Å². The Bertz CT molecular complexity index is 1820. The maximum Gasteiger partial charge on any atom is 0.439 e. The van der Waals surface area contributed by atoms with E-state index in [9.17, 15) is 9.59 Å². The first-order chi connectivity index (χ1) is 20.1. The molecular weight excluding hydrogens is 516 g/mol. The molecule has 8 heteroatoms. The molecule has 0 saturated heterocycles. The summed E-state index contributed by atoms with van der Waals surface area (Å²) >= 11 is 0. The Balaban J connectivity index is 1.48. The molecule has 0 saturated carbocycles. The van der Waals surface area contributed by atoms with Crippen LogP contribution in [0.15, 0.2) is 80.8 Å². The second kappa shape index (κ2) is 11.4. The van der Waals surface area contributed by atoms with E-state index >= 15 is 0 Å². The van der Waals surface area contributed by atoms with Crippen molar-refractivity contribution in [3.63, 3.8) is 0 Å². The maximum atomic E-state index is 14.3. The Morgan fingerprint density at radius 1 is 0.976 bits per heavy atom. The number of hydrogen-bond donors (Lipinski definition) is 1. The van der Waals surface area contributed by atoms with Crippen molar-refractivity contribution in [1.82, 2.24) is 19.7 Å². The van der Waals surface area contributed by atoms with E-state index in [0.29, 0.717) is 30.8 Å². The summed E-state index contributed by atoms with van der Waals surface area (Å²) in [5.41, 5.74) is 6.93. The van der Waals surface area contributed by atoms with Gasteiger partial charge in [0.1, 0.15) is 11.6 Å². The number of unbranched alkanes of at least 4 members (excludes halogenated alkanes) is 1. The van der Waals surface area contributed by atoms with Gasteiger partial charge in [0.2, 0.25) is 0 Å².